The van der Waals surface area contributed by atoms with E-state index < -0.39 is 29.7 Å². The molecule has 3 heterocycles. The van der Waals surface area contributed by atoms with Crippen LogP contribution in [0.1, 0.15) is 57.3 Å². The van der Waals surface area contributed by atoms with Gasteiger partial charge in [0.2, 0.25) is 11.8 Å². The number of piperazine rings is 1. The summed E-state index contributed by atoms with van der Waals surface area (Å²) in [7, 11) is 0. The fourth-order valence-electron chi connectivity index (χ4n) is 5.13. The number of anilines is 2. The summed E-state index contributed by atoms with van der Waals surface area (Å²) in [4.78, 5) is 68.0. The Bertz CT molecular complexity index is 1290. The second-order valence-corrected chi connectivity index (χ2v) is 9.55. The summed E-state index contributed by atoms with van der Waals surface area (Å²) in [5.74, 6) is -2.21. The summed E-state index contributed by atoms with van der Waals surface area (Å²) in [6, 6.07) is 11.6. The molecule has 0 aromatic heterocycles. The molecule has 0 bridgehead atoms. The van der Waals surface area contributed by atoms with Crippen LogP contribution in [-0.2, 0) is 9.59 Å². The Balaban J connectivity index is 1.26. The van der Waals surface area contributed by atoms with Crippen molar-refractivity contribution in [2.24, 2.45) is 0 Å². The lowest BCUT2D eigenvalue weighted by molar-refractivity contribution is -0.136. The molecule has 2 aromatic carbocycles. The third-order valence-electron chi connectivity index (χ3n) is 7.14. The molecule has 5 rings (SSSR count). The Hall–Kier alpha value is -4.25. The highest BCUT2D eigenvalue weighted by molar-refractivity contribution is 6.25. The van der Waals surface area contributed by atoms with E-state index in [1.54, 1.807) is 24.3 Å². The van der Waals surface area contributed by atoms with E-state index >= 15 is 0 Å². The highest BCUT2D eigenvalue weighted by atomic mass is 16.2. The molecule has 1 unspecified atom stereocenters. The zero-order valence-electron chi connectivity index (χ0n) is 21.2. The predicted octanol–water partition coefficient (Wildman–Crippen LogP) is 1.06. The second kappa shape index (κ2) is 10.6. The minimum absolute atomic E-state index is 0.0834. The summed E-state index contributed by atoms with van der Waals surface area (Å²) in [6.45, 7) is 5.34. The average molecular weight is 519 g/mol. The molecule has 2 saturated heterocycles. The van der Waals surface area contributed by atoms with Crippen molar-refractivity contribution in [2.45, 2.75) is 32.2 Å². The number of fused-ring (bicyclic) bond motifs is 1. The third kappa shape index (κ3) is 4.72. The third-order valence-corrected chi connectivity index (χ3v) is 7.14. The number of benzene rings is 2. The van der Waals surface area contributed by atoms with Gasteiger partial charge in [-0.25, -0.2) is 5.43 Å². The Morgan fingerprint density at radius 3 is 2.34 bits per heavy atom. The van der Waals surface area contributed by atoms with E-state index in [1.165, 1.54) is 0 Å². The van der Waals surface area contributed by atoms with Gasteiger partial charge in [0.15, 0.2) is 0 Å². The molecular weight excluding hydrogens is 488 g/mol. The monoisotopic (exact) mass is 518 g/mol. The van der Waals surface area contributed by atoms with E-state index in [1.807, 2.05) is 25.1 Å². The number of nitrogens with zero attached hydrogens (tertiary/aromatic N) is 3. The maximum atomic E-state index is 13.4. The van der Waals surface area contributed by atoms with Gasteiger partial charge in [-0.3, -0.25) is 39.6 Å². The Labute approximate surface area is 220 Å². The summed E-state index contributed by atoms with van der Waals surface area (Å²) in [5, 5.41) is 2.23. The van der Waals surface area contributed by atoms with Gasteiger partial charge in [-0.1, -0.05) is 13.0 Å². The van der Waals surface area contributed by atoms with Crippen molar-refractivity contribution in [3.05, 3.63) is 59.2 Å². The van der Waals surface area contributed by atoms with Gasteiger partial charge in [-0.05, 0) is 49.2 Å². The Kier molecular flexibility index (Phi) is 7.10. The summed E-state index contributed by atoms with van der Waals surface area (Å²) >= 11 is 0. The minimum Gasteiger partial charge on any atom is -0.368 e. The molecule has 0 radical (unpaired) electrons. The normalized spacial score (nSPS) is 19.5. The summed E-state index contributed by atoms with van der Waals surface area (Å²) in [5.41, 5.74) is 8.38. The van der Waals surface area contributed by atoms with Gasteiger partial charge in [-0.15, -0.1) is 0 Å². The van der Waals surface area contributed by atoms with Gasteiger partial charge in [0, 0.05) is 50.4 Å². The molecule has 2 fully saturated rings. The largest absolute Gasteiger partial charge is 0.368 e. The van der Waals surface area contributed by atoms with E-state index in [4.69, 9.17) is 0 Å². The number of rotatable bonds is 7. The highest BCUT2D eigenvalue weighted by Crippen LogP contribution is 2.35. The van der Waals surface area contributed by atoms with Crippen LogP contribution in [0.25, 0.3) is 0 Å². The van der Waals surface area contributed by atoms with E-state index in [9.17, 15) is 24.0 Å². The molecule has 1 atom stereocenters. The van der Waals surface area contributed by atoms with Crippen LogP contribution in [0.4, 0.5) is 11.4 Å². The first-order valence-electron chi connectivity index (χ1n) is 12.9. The van der Waals surface area contributed by atoms with Crippen molar-refractivity contribution in [3.63, 3.8) is 0 Å². The van der Waals surface area contributed by atoms with Crippen LogP contribution in [0.5, 0.6) is 0 Å². The minimum atomic E-state index is -0.989. The molecule has 11 nitrogen and oxygen atoms in total. The van der Waals surface area contributed by atoms with Crippen LogP contribution in [0.3, 0.4) is 0 Å². The SMILES string of the molecule is CCCNNC(=O)c1ccc(N2CCN(c3cccc4c3C(=O)N(C3CCC(=O)NC3=O)C4=O)CC2)cc1. The van der Waals surface area contributed by atoms with E-state index in [0.717, 1.165) is 17.0 Å². The van der Waals surface area contributed by atoms with Crippen molar-refractivity contribution in [2.75, 3.05) is 42.5 Å². The van der Waals surface area contributed by atoms with Crippen molar-refractivity contribution in [3.8, 4) is 0 Å². The molecule has 0 aliphatic carbocycles. The van der Waals surface area contributed by atoms with Gasteiger partial charge in [-0.2, -0.15) is 0 Å². The molecule has 3 aliphatic rings. The van der Waals surface area contributed by atoms with Crippen molar-refractivity contribution < 1.29 is 24.0 Å². The topological polar surface area (TPSA) is 131 Å². The van der Waals surface area contributed by atoms with E-state index in [0.29, 0.717) is 49.5 Å². The molecule has 0 saturated carbocycles. The number of piperidine rings is 1. The fourth-order valence-corrected chi connectivity index (χ4v) is 5.13. The summed E-state index contributed by atoms with van der Waals surface area (Å²) in [6.07, 6.45) is 1.12. The van der Waals surface area contributed by atoms with Crippen LogP contribution < -0.4 is 26.0 Å². The van der Waals surface area contributed by atoms with Crippen LogP contribution in [-0.4, -0.2) is 73.2 Å². The van der Waals surface area contributed by atoms with Crippen LogP contribution in [0.2, 0.25) is 0 Å². The molecule has 0 spiro atoms. The van der Waals surface area contributed by atoms with E-state index in [-0.39, 0.29) is 24.3 Å². The molecule has 11 heteroatoms. The first-order valence-corrected chi connectivity index (χ1v) is 12.9. The first kappa shape index (κ1) is 25.4. The van der Waals surface area contributed by atoms with Gasteiger partial charge < -0.3 is 9.80 Å². The number of amides is 5. The quantitative estimate of drug-likeness (QED) is 0.282. The number of nitrogens with one attached hydrogen (secondary N) is 3. The van der Waals surface area contributed by atoms with Crippen LogP contribution in [0.15, 0.2) is 42.5 Å². The molecular formula is C27H30N6O5. The van der Waals surface area contributed by atoms with Gasteiger partial charge in [0.25, 0.3) is 17.7 Å². The molecule has 3 aliphatic heterocycles. The lowest BCUT2D eigenvalue weighted by Crippen LogP contribution is -2.54. The highest BCUT2D eigenvalue weighted by Gasteiger charge is 2.46. The summed E-state index contributed by atoms with van der Waals surface area (Å²) < 4.78 is 0. The molecule has 38 heavy (non-hydrogen) atoms. The van der Waals surface area contributed by atoms with Gasteiger partial charge in [0.1, 0.15) is 6.04 Å². The molecule has 3 N–H and O–H groups in total. The zero-order valence-corrected chi connectivity index (χ0v) is 21.2. The lowest BCUT2D eigenvalue weighted by atomic mass is 10.0. The van der Waals surface area contributed by atoms with Crippen LogP contribution >= 0.6 is 0 Å². The average Bonchev–Trinajstić information content (AvgIpc) is 3.19. The Morgan fingerprint density at radius 1 is 0.947 bits per heavy atom. The standard InChI is InChI=1S/C27H30N6O5/c1-2-12-28-30-24(35)17-6-8-18(9-7-17)31-13-15-32(16-14-31)20-5-3-4-19-23(20)27(38)33(26(19)37)21-10-11-22(34)29-25(21)36/h3-9,21,28H,2,10-16H2,1H3,(H,30,35)(H,29,34,36). The number of hydrazine groups is 1. The lowest BCUT2D eigenvalue weighted by Gasteiger charge is -2.38. The van der Waals surface area contributed by atoms with Crippen LogP contribution in [0, 0.1) is 0 Å². The van der Waals surface area contributed by atoms with Crippen molar-refractivity contribution in [1.82, 2.24) is 21.1 Å². The first-order chi connectivity index (χ1) is 18.4. The molecule has 5 amide bonds. The van der Waals surface area contributed by atoms with Crippen molar-refractivity contribution >= 4 is 40.9 Å². The number of carbonyl (C=O) groups is 5. The van der Waals surface area contributed by atoms with Gasteiger partial charge >= 0.3 is 0 Å². The second-order valence-electron chi connectivity index (χ2n) is 9.55. The number of hydrogen-bond acceptors (Lipinski definition) is 8. The van der Waals surface area contributed by atoms with Gasteiger partial charge in [0.05, 0.1) is 16.8 Å². The number of imide groups is 2. The molecule has 2 aromatic rings. The number of carbonyl (C=O) groups excluding carboxylic acids is 5. The maximum absolute atomic E-state index is 13.4. The zero-order chi connectivity index (χ0) is 26.8. The van der Waals surface area contributed by atoms with E-state index in [2.05, 4.69) is 26.0 Å². The maximum Gasteiger partial charge on any atom is 0.265 e. The Morgan fingerprint density at radius 2 is 1.66 bits per heavy atom. The number of hydrogen-bond donors (Lipinski definition) is 3. The predicted molar refractivity (Wildman–Crippen MR) is 140 cm³/mol. The molecule has 198 valence electrons. The smallest absolute Gasteiger partial charge is 0.265 e. The fraction of sp³-hybridized carbons (Fsp3) is 0.370. The van der Waals surface area contributed by atoms with Crippen molar-refractivity contribution in [1.29, 1.82) is 0 Å².